The molecule has 0 spiro atoms. The quantitative estimate of drug-likeness (QED) is 0.706. The Kier molecular flexibility index (Phi) is 3.71. The van der Waals surface area contributed by atoms with E-state index in [9.17, 15) is 0 Å². The van der Waals surface area contributed by atoms with Gasteiger partial charge >= 0.3 is 0 Å². The predicted octanol–water partition coefficient (Wildman–Crippen LogP) is 1.10. The molecular weight excluding hydrogens is 162 g/mol. The van der Waals surface area contributed by atoms with Crippen molar-refractivity contribution in [2.45, 2.75) is 51.2 Å². The monoisotopic (exact) mass is 181 g/mol. The number of hydrogen-bond acceptors (Lipinski definition) is 3. The van der Waals surface area contributed by atoms with Crippen molar-refractivity contribution in [3.05, 3.63) is 0 Å². The molecule has 0 heterocycles. The van der Waals surface area contributed by atoms with Crippen LogP contribution in [-0.2, 0) is 0 Å². The third kappa shape index (κ3) is 2.68. The van der Waals surface area contributed by atoms with Crippen LogP contribution in [0.5, 0.6) is 0 Å². The Balaban J connectivity index is 2.35. The molecule has 74 valence electrons. The zero-order valence-electron chi connectivity index (χ0n) is 8.53. The van der Waals surface area contributed by atoms with Crippen LogP contribution in [0.25, 0.3) is 0 Å². The minimum Gasteiger partial charge on any atom is -0.328 e. The Bertz CT molecular complexity index is 189. The van der Waals surface area contributed by atoms with Crippen LogP contribution < -0.4 is 5.73 Å². The van der Waals surface area contributed by atoms with Gasteiger partial charge in [0.05, 0.1) is 6.07 Å². The molecule has 0 saturated heterocycles. The molecule has 0 aromatic rings. The summed E-state index contributed by atoms with van der Waals surface area (Å²) in [5, 5.41) is 8.52. The SMILES string of the molecule is CC(C)N(CCC#N)C1CC(N)C1. The van der Waals surface area contributed by atoms with Crippen LogP contribution in [0.4, 0.5) is 0 Å². The molecule has 3 heteroatoms. The van der Waals surface area contributed by atoms with Crippen molar-refractivity contribution < 1.29 is 0 Å². The average molecular weight is 181 g/mol. The van der Waals surface area contributed by atoms with E-state index in [4.69, 9.17) is 11.0 Å². The first kappa shape index (κ1) is 10.5. The van der Waals surface area contributed by atoms with E-state index >= 15 is 0 Å². The van der Waals surface area contributed by atoms with Gasteiger partial charge in [-0.2, -0.15) is 5.26 Å². The van der Waals surface area contributed by atoms with Crippen molar-refractivity contribution >= 4 is 0 Å². The van der Waals surface area contributed by atoms with Crippen molar-refractivity contribution in [2.75, 3.05) is 6.54 Å². The highest BCUT2D eigenvalue weighted by Crippen LogP contribution is 2.25. The lowest BCUT2D eigenvalue weighted by molar-refractivity contribution is 0.0830. The molecule has 0 aromatic carbocycles. The highest BCUT2D eigenvalue weighted by molar-refractivity contribution is 4.91. The minimum atomic E-state index is 0.397. The second kappa shape index (κ2) is 4.59. The van der Waals surface area contributed by atoms with E-state index in [1.165, 1.54) is 0 Å². The van der Waals surface area contributed by atoms with Crippen molar-refractivity contribution in [2.24, 2.45) is 5.73 Å². The van der Waals surface area contributed by atoms with Gasteiger partial charge in [0.25, 0.3) is 0 Å². The van der Waals surface area contributed by atoms with Crippen LogP contribution in [0.15, 0.2) is 0 Å². The summed E-state index contributed by atoms with van der Waals surface area (Å²) in [6.07, 6.45) is 2.83. The van der Waals surface area contributed by atoms with Crippen LogP contribution in [0, 0.1) is 11.3 Å². The van der Waals surface area contributed by atoms with Gasteiger partial charge in [0, 0.05) is 31.1 Å². The summed E-state index contributed by atoms with van der Waals surface area (Å²) in [6, 6.07) is 3.75. The van der Waals surface area contributed by atoms with Gasteiger partial charge in [0.1, 0.15) is 0 Å². The summed E-state index contributed by atoms with van der Waals surface area (Å²) >= 11 is 0. The van der Waals surface area contributed by atoms with Gasteiger partial charge in [-0.1, -0.05) is 0 Å². The van der Waals surface area contributed by atoms with Gasteiger partial charge in [-0.3, -0.25) is 4.90 Å². The van der Waals surface area contributed by atoms with E-state index in [-0.39, 0.29) is 0 Å². The van der Waals surface area contributed by atoms with Crippen molar-refractivity contribution in [3.8, 4) is 6.07 Å². The standard InChI is InChI=1S/C10H19N3/c1-8(2)13(5-3-4-11)10-6-9(12)7-10/h8-10H,3,5-7,12H2,1-2H3. The Morgan fingerprint density at radius 2 is 2.15 bits per heavy atom. The fraction of sp³-hybridized carbons (Fsp3) is 0.900. The summed E-state index contributed by atoms with van der Waals surface area (Å²) in [5.41, 5.74) is 5.74. The summed E-state index contributed by atoms with van der Waals surface area (Å²) in [6.45, 7) is 5.26. The van der Waals surface area contributed by atoms with Gasteiger partial charge in [-0.05, 0) is 26.7 Å². The maximum absolute atomic E-state index is 8.52. The van der Waals surface area contributed by atoms with E-state index in [0.29, 0.717) is 24.5 Å². The molecule has 3 nitrogen and oxygen atoms in total. The van der Waals surface area contributed by atoms with Crippen molar-refractivity contribution in [1.29, 1.82) is 5.26 Å². The Morgan fingerprint density at radius 3 is 2.54 bits per heavy atom. The van der Waals surface area contributed by atoms with Gasteiger partial charge in [-0.25, -0.2) is 0 Å². The smallest absolute Gasteiger partial charge is 0.0635 e. The molecule has 1 fully saturated rings. The normalized spacial score (nSPS) is 27.4. The van der Waals surface area contributed by atoms with Crippen LogP contribution in [0.2, 0.25) is 0 Å². The second-order valence-electron chi connectivity index (χ2n) is 4.12. The Morgan fingerprint density at radius 1 is 1.54 bits per heavy atom. The van der Waals surface area contributed by atoms with Gasteiger partial charge < -0.3 is 5.73 Å². The molecule has 0 bridgehead atoms. The first-order chi connectivity index (χ1) is 6.15. The number of hydrogen-bond donors (Lipinski definition) is 1. The molecule has 0 aromatic heterocycles. The van der Waals surface area contributed by atoms with Gasteiger partial charge in [-0.15, -0.1) is 0 Å². The summed E-state index contributed by atoms with van der Waals surface area (Å²) in [7, 11) is 0. The van der Waals surface area contributed by atoms with E-state index in [0.717, 1.165) is 19.4 Å². The molecule has 1 rings (SSSR count). The number of nitrogens with zero attached hydrogens (tertiary/aromatic N) is 2. The Hall–Kier alpha value is -0.590. The van der Waals surface area contributed by atoms with Crippen LogP contribution in [-0.4, -0.2) is 29.6 Å². The molecular formula is C10H19N3. The second-order valence-corrected chi connectivity index (χ2v) is 4.12. The molecule has 0 radical (unpaired) electrons. The van der Waals surface area contributed by atoms with Crippen molar-refractivity contribution in [1.82, 2.24) is 4.90 Å². The van der Waals surface area contributed by atoms with E-state index < -0.39 is 0 Å². The summed E-state index contributed by atoms with van der Waals surface area (Å²) < 4.78 is 0. The molecule has 1 saturated carbocycles. The highest BCUT2D eigenvalue weighted by atomic mass is 15.2. The zero-order valence-corrected chi connectivity index (χ0v) is 8.53. The van der Waals surface area contributed by atoms with E-state index in [1.54, 1.807) is 0 Å². The topological polar surface area (TPSA) is 53.0 Å². The first-order valence-corrected chi connectivity index (χ1v) is 5.03. The molecule has 1 aliphatic rings. The Labute approximate surface area is 80.5 Å². The first-order valence-electron chi connectivity index (χ1n) is 5.03. The largest absolute Gasteiger partial charge is 0.328 e. The fourth-order valence-electron chi connectivity index (χ4n) is 1.94. The minimum absolute atomic E-state index is 0.397. The lowest BCUT2D eigenvalue weighted by Crippen LogP contribution is -2.53. The van der Waals surface area contributed by atoms with Crippen LogP contribution in [0.1, 0.15) is 33.1 Å². The number of rotatable bonds is 4. The maximum atomic E-state index is 8.52. The summed E-state index contributed by atoms with van der Waals surface area (Å²) in [4.78, 5) is 2.40. The van der Waals surface area contributed by atoms with E-state index in [1.807, 2.05) is 0 Å². The molecule has 0 aliphatic heterocycles. The molecule has 13 heavy (non-hydrogen) atoms. The summed E-state index contributed by atoms with van der Waals surface area (Å²) in [5.74, 6) is 0. The van der Waals surface area contributed by atoms with Crippen LogP contribution >= 0.6 is 0 Å². The molecule has 0 atom stereocenters. The predicted molar refractivity (Wildman–Crippen MR) is 53.1 cm³/mol. The van der Waals surface area contributed by atoms with Gasteiger partial charge in [0.2, 0.25) is 0 Å². The molecule has 0 amide bonds. The highest BCUT2D eigenvalue weighted by Gasteiger charge is 2.31. The number of nitrogens with two attached hydrogens (primary N) is 1. The average Bonchev–Trinajstić information content (AvgIpc) is 2.01. The molecule has 1 aliphatic carbocycles. The van der Waals surface area contributed by atoms with Crippen molar-refractivity contribution in [3.63, 3.8) is 0 Å². The molecule has 0 unspecified atom stereocenters. The van der Waals surface area contributed by atoms with Crippen LogP contribution in [0.3, 0.4) is 0 Å². The third-order valence-electron chi connectivity index (χ3n) is 2.76. The number of nitriles is 1. The molecule has 2 N–H and O–H groups in total. The lowest BCUT2D eigenvalue weighted by atomic mass is 9.85. The third-order valence-corrected chi connectivity index (χ3v) is 2.76. The maximum Gasteiger partial charge on any atom is 0.0635 e. The lowest BCUT2D eigenvalue weighted by Gasteiger charge is -2.43. The van der Waals surface area contributed by atoms with E-state index in [2.05, 4.69) is 24.8 Å². The fourth-order valence-corrected chi connectivity index (χ4v) is 1.94. The van der Waals surface area contributed by atoms with Gasteiger partial charge in [0.15, 0.2) is 0 Å². The zero-order chi connectivity index (χ0) is 9.84.